The third-order valence-electron chi connectivity index (χ3n) is 10.5. The molecule has 0 spiro atoms. The summed E-state index contributed by atoms with van der Waals surface area (Å²) < 4.78 is 0. The molecule has 234 valence electrons. The number of nitrogens with zero attached hydrogens (tertiary/aromatic N) is 1. The smallest absolute Gasteiger partial charge is 0.103 e. The van der Waals surface area contributed by atoms with E-state index < -0.39 is 0 Å². The van der Waals surface area contributed by atoms with Crippen molar-refractivity contribution in [3.05, 3.63) is 187 Å². The SMILES string of the molecule is c1ccc(-c2cccc(N(c3ccccc3)c3cc4c5c(cccc5c3)C3=C4SC(c4cc5cccc6ccc7cccc4c7c65)N3)c2)cc1. The first-order valence-corrected chi connectivity index (χ1v) is 18.1. The van der Waals surface area contributed by atoms with Gasteiger partial charge in [-0.2, -0.15) is 0 Å². The number of fused-ring (bicyclic) bond motifs is 2. The molecule has 11 rings (SSSR count). The number of rotatable bonds is 5. The van der Waals surface area contributed by atoms with Gasteiger partial charge in [0, 0.05) is 33.1 Å². The molecule has 0 radical (unpaired) electrons. The average molecular weight is 655 g/mol. The van der Waals surface area contributed by atoms with Crippen molar-refractivity contribution < 1.29 is 0 Å². The number of hydrogen-bond donors (Lipinski definition) is 1. The monoisotopic (exact) mass is 654 g/mol. The van der Waals surface area contributed by atoms with Crippen LogP contribution in [0.15, 0.2) is 170 Å². The minimum Gasteiger partial charge on any atom is -0.368 e. The van der Waals surface area contributed by atoms with Crippen LogP contribution in [-0.4, -0.2) is 0 Å². The Morgan fingerprint density at radius 2 is 1.10 bits per heavy atom. The highest BCUT2D eigenvalue weighted by atomic mass is 32.2. The lowest BCUT2D eigenvalue weighted by Crippen LogP contribution is -2.13. The summed E-state index contributed by atoms with van der Waals surface area (Å²) >= 11 is 1.96. The Morgan fingerprint density at radius 3 is 1.94 bits per heavy atom. The lowest BCUT2D eigenvalue weighted by atomic mass is 9.91. The molecule has 1 aliphatic heterocycles. The largest absolute Gasteiger partial charge is 0.368 e. The van der Waals surface area contributed by atoms with Crippen LogP contribution in [0.1, 0.15) is 22.1 Å². The van der Waals surface area contributed by atoms with Gasteiger partial charge in [0.25, 0.3) is 0 Å². The van der Waals surface area contributed by atoms with Crippen molar-refractivity contribution in [2.45, 2.75) is 5.37 Å². The van der Waals surface area contributed by atoms with Crippen LogP contribution >= 0.6 is 11.8 Å². The van der Waals surface area contributed by atoms with Gasteiger partial charge in [0.15, 0.2) is 0 Å². The van der Waals surface area contributed by atoms with E-state index in [-0.39, 0.29) is 5.37 Å². The molecule has 1 unspecified atom stereocenters. The summed E-state index contributed by atoms with van der Waals surface area (Å²) in [7, 11) is 0. The highest BCUT2D eigenvalue weighted by Gasteiger charge is 2.35. The van der Waals surface area contributed by atoms with Gasteiger partial charge < -0.3 is 10.2 Å². The molecule has 1 heterocycles. The van der Waals surface area contributed by atoms with E-state index in [1.807, 2.05) is 11.8 Å². The zero-order valence-electron chi connectivity index (χ0n) is 27.1. The van der Waals surface area contributed by atoms with E-state index in [0.29, 0.717) is 0 Å². The Balaban J connectivity index is 1.06. The molecule has 0 saturated carbocycles. The molecule has 1 N–H and O–H groups in total. The minimum atomic E-state index is 0.106. The highest BCUT2D eigenvalue weighted by Crippen LogP contribution is 2.57. The van der Waals surface area contributed by atoms with Crippen LogP contribution < -0.4 is 10.2 Å². The van der Waals surface area contributed by atoms with E-state index in [4.69, 9.17) is 0 Å². The number of benzene rings is 9. The van der Waals surface area contributed by atoms with Gasteiger partial charge in [0.2, 0.25) is 0 Å². The topological polar surface area (TPSA) is 15.3 Å². The van der Waals surface area contributed by atoms with Crippen LogP contribution in [0.3, 0.4) is 0 Å². The van der Waals surface area contributed by atoms with Gasteiger partial charge in [-0.05, 0) is 102 Å². The predicted octanol–water partition coefficient (Wildman–Crippen LogP) is 13.0. The molecule has 2 aliphatic rings. The summed E-state index contributed by atoms with van der Waals surface area (Å²) in [4.78, 5) is 3.74. The molecule has 0 saturated heterocycles. The zero-order chi connectivity index (χ0) is 32.8. The lowest BCUT2D eigenvalue weighted by molar-refractivity contribution is 0.891. The highest BCUT2D eigenvalue weighted by molar-refractivity contribution is 8.09. The summed E-state index contributed by atoms with van der Waals surface area (Å²) in [6, 6.07) is 62.2. The van der Waals surface area contributed by atoms with Gasteiger partial charge in [-0.15, -0.1) is 0 Å². The first kappa shape index (κ1) is 27.9. The summed E-state index contributed by atoms with van der Waals surface area (Å²) in [6.07, 6.45) is 0. The van der Waals surface area contributed by atoms with Gasteiger partial charge in [0.05, 0.1) is 5.70 Å². The van der Waals surface area contributed by atoms with Crippen molar-refractivity contribution >= 4 is 82.5 Å². The fraction of sp³-hybridized carbons (Fsp3) is 0.0213. The fourth-order valence-corrected chi connectivity index (χ4v) is 9.67. The van der Waals surface area contributed by atoms with Gasteiger partial charge in [-0.1, -0.05) is 139 Å². The number of thioether (sulfide) groups is 1. The van der Waals surface area contributed by atoms with Crippen LogP contribution in [0.2, 0.25) is 0 Å². The van der Waals surface area contributed by atoms with Crippen molar-refractivity contribution in [1.82, 2.24) is 5.32 Å². The van der Waals surface area contributed by atoms with Gasteiger partial charge in [-0.25, -0.2) is 0 Å². The van der Waals surface area contributed by atoms with Crippen molar-refractivity contribution in [1.29, 1.82) is 0 Å². The van der Waals surface area contributed by atoms with E-state index in [0.717, 1.165) is 17.1 Å². The second-order valence-corrected chi connectivity index (χ2v) is 14.5. The molecule has 0 fully saturated rings. The predicted molar refractivity (Wildman–Crippen MR) is 214 cm³/mol. The molecule has 3 heteroatoms. The quantitative estimate of drug-likeness (QED) is 0.186. The number of nitrogens with one attached hydrogen (secondary N) is 1. The fourth-order valence-electron chi connectivity index (χ4n) is 8.36. The molecule has 0 amide bonds. The molecule has 1 aliphatic carbocycles. The van der Waals surface area contributed by atoms with Crippen LogP contribution in [0, 0.1) is 0 Å². The summed E-state index contributed by atoms with van der Waals surface area (Å²) in [5.74, 6) is 0. The molecular formula is C47H30N2S. The second-order valence-electron chi connectivity index (χ2n) is 13.3. The van der Waals surface area contributed by atoms with Crippen molar-refractivity contribution in [3.63, 3.8) is 0 Å². The second kappa shape index (κ2) is 10.7. The van der Waals surface area contributed by atoms with E-state index in [1.165, 1.54) is 81.5 Å². The Bertz CT molecular complexity index is 2820. The third-order valence-corrected chi connectivity index (χ3v) is 11.8. The third kappa shape index (κ3) is 4.11. The number of para-hydroxylation sites is 1. The van der Waals surface area contributed by atoms with Crippen LogP contribution in [0.5, 0.6) is 0 Å². The molecule has 9 aromatic carbocycles. The normalized spacial score (nSPS) is 15.0. The maximum absolute atomic E-state index is 4.03. The molecule has 0 aromatic heterocycles. The number of anilines is 3. The summed E-state index contributed by atoms with van der Waals surface area (Å²) in [5, 5.41) is 14.7. The van der Waals surface area contributed by atoms with Gasteiger partial charge in [-0.3, -0.25) is 0 Å². The Labute approximate surface area is 294 Å². The van der Waals surface area contributed by atoms with Crippen molar-refractivity contribution in [2.75, 3.05) is 4.90 Å². The van der Waals surface area contributed by atoms with E-state index in [1.54, 1.807) is 0 Å². The lowest BCUT2D eigenvalue weighted by Gasteiger charge is -2.27. The molecule has 2 nitrogen and oxygen atoms in total. The summed E-state index contributed by atoms with van der Waals surface area (Å²) in [6.45, 7) is 0. The van der Waals surface area contributed by atoms with E-state index >= 15 is 0 Å². The molecule has 50 heavy (non-hydrogen) atoms. The molecule has 9 aromatic rings. The van der Waals surface area contributed by atoms with Crippen LogP contribution in [0.25, 0.3) is 64.8 Å². The maximum atomic E-state index is 4.03. The van der Waals surface area contributed by atoms with E-state index in [2.05, 4.69) is 180 Å². The van der Waals surface area contributed by atoms with Crippen LogP contribution in [-0.2, 0) is 0 Å². The van der Waals surface area contributed by atoms with E-state index in [9.17, 15) is 0 Å². The van der Waals surface area contributed by atoms with Gasteiger partial charge >= 0.3 is 0 Å². The Hall–Kier alpha value is -6.03. The standard InChI is InChI=1S/C47H30N2S/c1-3-11-29(12-4-1)32-15-8-20-36(25-32)49(35-18-5-2-6-19-35)37-26-33-17-10-22-39-43(33)41(28-37)46-45(39)48-47(50-46)40-27-34-16-7-13-30-23-24-31-14-9-21-38(40)44(31)42(30)34/h1-28,47-48H. The Kier molecular flexibility index (Phi) is 5.98. The molecule has 1 atom stereocenters. The Morgan fingerprint density at radius 1 is 0.440 bits per heavy atom. The van der Waals surface area contributed by atoms with Crippen LogP contribution in [0.4, 0.5) is 17.1 Å². The van der Waals surface area contributed by atoms with Crippen molar-refractivity contribution in [2.24, 2.45) is 0 Å². The maximum Gasteiger partial charge on any atom is 0.103 e. The first-order valence-electron chi connectivity index (χ1n) is 17.2. The molecule has 0 bridgehead atoms. The van der Waals surface area contributed by atoms with Crippen molar-refractivity contribution in [3.8, 4) is 11.1 Å². The number of hydrogen-bond acceptors (Lipinski definition) is 3. The summed E-state index contributed by atoms with van der Waals surface area (Å²) in [5.41, 5.74) is 11.0. The first-order chi connectivity index (χ1) is 24.8. The average Bonchev–Trinajstić information content (AvgIpc) is 3.74. The minimum absolute atomic E-state index is 0.106. The molecular weight excluding hydrogens is 625 g/mol. The zero-order valence-corrected chi connectivity index (χ0v) is 27.9. The van der Waals surface area contributed by atoms with Gasteiger partial charge in [0.1, 0.15) is 5.37 Å².